The molecule has 0 aliphatic carbocycles. The van der Waals surface area contributed by atoms with Gasteiger partial charge >= 0.3 is 0 Å². The summed E-state index contributed by atoms with van der Waals surface area (Å²) in [6, 6.07) is 14.0. The highest BCUT2D eigenvalue weighted by Crippen LogP contribution is 2.26. The lowest BCUT2D eigenvalue weighted by Crippen LogP contribution is -2.39. The molecule has 27 heavy (non-hydrogen) atoms. The van der Waals surface area contributed by atoms with E-state index in [0.29, 0.717) is 6.54 Å². The van der Waals surface area contributed by atoms with E-state index in [0.717, 1.165) is 33.9 Å². The number of hydrogen-bond acceptors (Lipinski definition) is 4. The van der Waals surface area contributed by atoms with Crippen molar-refractivity contribution in [3.63, 3.8) is 0 Å². The van der Waals surface area contributed by atoms with Crippen LogP contribution in [0, 0.1) is 5.82 Å². The lowest BCUT2D eigenvalue weighted by molar-refractivity contribution is -0.121. The predicted octanol–water partition coefficient (Wildman–Crippen LogP) is 3.88. The van der Waals surface area contributed by atoms with Gasteiger partial charge in [0.15, 0.2) is 0 Å². The molecule has 1 saturated heterocycles. The summed E-state index contributed by atoms with van der Waals surface area (Å²) in [6.07, 6.45) is 1.79. The summed E-state index contributed by atoms with van der Waals surface area (Å²) >= 11 is 3.53. The van der Waals surface area contributed by atoms with Gasteiger partial charge in [0.2, 0.25) is 5.91 Å². The number of nitrogens with zero attached hydrogens (tertiary/aromatic N) is 2. The first-order valence-electron chi connectivity index (χ1n) is 8.86. The van der Waals surface area contributed by atoms with E-state index in [-0.39, 0.29) is 23.0 Å². The van der Waals surface area contributed by atoms with Gasteiger partial charge in [-0.1, -0.05) is 24.3 Å². The highest BCUT2D eigenvalue weighted by molar-refractivity contribution is 8.07. The summed E-state index contributed by atoms with van der Waals surface area (Å²) in [7, 11) is 0. The molecule has 0 bridgehead atoms. The van der Waals surface area contributed by atoms with E-state index >= 15 is 0 Å². The second-order valence-corrected chi connectivity index (χ2v) is 8.89. The van der Waals surface area contributed by atoms with Crippen molar-refractivity contribution < 1.29 is 9.18 Å². The number of nitrogens with one attached hydrogen (secondary N) is 1. The summed E-state index contributed by atoms with van der Waals surface area (Å²) < 4.78 is 15.4. The van der Waals surface area contributed by atoms with Crippen molar-refractivity contribution in [2.45, 2.75) is 17.8 Å². The van der Waals surface area contributed by atoms with Crippen LogP contribution >= 0.6 is 23.5 Å². The van der Waals surface area contributed by atoms with Crippen LogP contribution in [-0.4, -0.2) is 38.0 Å². The van der Waals surface area contributed by atoms with E-state index in [2.05, 4.69) is 10.3 Å². The van der Waals surface area contributed by atoms with Crippen LogP contribution in [0.25, 0.3) is 11.0 Å². The van der Waals surface area contributed by atoms with Gasteiger partial charge < -0.3 is 9.88 Å². The Bertz CT molecular complexity index is 922. The number of para-hydroxylation sites is 2. The SMILES string of the molecule is O=C(NC(Cn1cnc2ccccc21)c1ccc(F)cc1)C1CSCCS1. The Morgan fingerprint density at radius 2 is 2.04 bits per heavy atom. The fourth-order valence-corrected chi connectivity index (χ4v) is 5.75. The van der Waals surface area contributed by atoms with Gasteiger partial charge in [-0.2, -0.15) is 11.8 Å². The average molecular weight is 402 g/mol. The van der Waals surface area contributed by atoms with Crippen molar-refractivity contribution in [1.82, 2.24) is 14.9 Å². The molecule has 140 valence electrons. The molecule has 1 amide bonds. The van der Waals surface area contributed by atoms with Crippen LogP contribution in [-0.2, 0) is 11.3 Å². The third-order valence-electron chi connectivity index (χ3n) is 4.60. The molecule has 0 spiro atoms. The minimum atomic E-state index is -0.281. The summed E-state index contributed by atoms with van der Waals surface area (Å²) in [5.74, 6) is 2.69. The number of carbonyl (C=O) groups is 1. The van der Waals surface area contributed by atoms with E-state index in [1.165, 1.54) is 12.1 Å². The third kappa shape index (κ3) is 4.30. The Balaban J connectivity index is 1.59. The van der Waals surface area contributed by atoms with Crippen molar-refractivity contribution in [2.24, 2.45) is 0 Å². The van der Waals surface area contributed by atoms with Gasteiger partial charge in [0.1, 0.15) is 5.82 Å². The molecule has 2 heterocycles. The van der Waals surface area contributed by atoms with Crippen molar-refractivity contribution in [3.8, 4) is 0 Å². The normalized spacial score (nSPS) is 18.3. The topological polar surface area (TPSA) is 46.9 Å². The second kappa shape index (κ2) is 8.35. The molecule has 7 heteroatoms. The van der Waals surface area contributed by atoms with Gasteiger partial charge in [-0.15, -0.1) is 11.8 Å². The maximum Gasteiger partial charge on any atom is 0.234 e. The molecule has 1 fully saturated rings. The number of amides is 1. The maximum atomic E-state index is 13.4. The van der Waals surface area contributed by atoms with E-state index < -0.39 is 0 Å². The molecular formula is C20H20FN3OS2. The Hall–Kier alpha value is -1.99. The molecule has 4 nitrogen and oxygen atoms in total. The van der Waals surface area contributed by atoms with Gasteiger partial charge in [-0.3, -0.25) is 4.79 Å². The number of thioether (sulfide) groups is 2. The van der Waals surface area contributed by atoms with E-state index in [1.807, 2.05) is 40.6 Å². The van der Waals surface area contributed by atoms with E-state index in [4.69, 9.17) is 0 Å². The third-order valence-corrected chi connectivity index (χ3v) is 7.36. The van der Waals surface area contributed by atoms with Crippen LogP contribution < -0.4 is 5.32 Å². The number of halogens is 1. The molecule has 1 aliphatic heterocycles. The molecule has 2 atom stereocenters. The number of rotatable bonds is 5. The molecule has 3 aromatic rings. The number of carbonyl (C=O) groups excluding carboxylic acids is 1. The number of hydrogen-bond donors (Lipinski definition) is 1. The number of benzene rings is 2. The molecule has 1 aliphatic rings. The standard InChI is InChI=1S/C20H20FN3OS2/c21-15-7-5-14(6-8-15)17(23-20(25)19-12-26-9-10-27-19)11-24-13-22-16-3-1-2-4-18(16)24/h1-8,13,17,19H,9-12H2,(H,23,25). The molecule has 2 unspecified atom stereocenters. The van der Waals surface area contributed by atoms with Gasteiger partial charge in [-0.25, -0.2) is 9.37 Å². The first-order chi connectivity index (χ1) is 13.2. The highest BCUT2D eigenvalue weighted by Gasteiger charge is 2.25. The first-order valence-corrected chi connectivity index (χ1v) is 11.1. The molecule has 1 N–H and O–H groups in total. The summed E-state index contributed by atoms with van der Waals surface area (Å²) in [5.41, 5.74) is 2.82. The van der Waals surface area contributed by atoms with E-state index in [9.17, 15) is 9.18 Å². The number of imidazole rings is 1. The molecule has 2 aromatic carbocycles. The Labute approximate surface area is 165 Å². The van der Waals surface area contributed by atoms with Crippen molar-refractivity contribution in [1.29, 1.82) is 0 Å². The average Bonchev–Trinajstić information content (AvgIpc) is 3.12. The van der Waals surface area contributed by atoms with E-state index in [1.54, 1.807) is 30.2 Å². The molecule has 1 aromatic heterocycles. The second-order valence-electron chi connectivity index (χ2n) is 6.43. The number of fused-ring (bicyclic) bond motifs is 1. The Morgan fingerprint density at radius 3 is 2.81 bits per heavy atom. The highest BCUT2D eigenvalue weighted by atomic mass is 32.2. The van der Waals surface area contributed by atoms with Crippen LogP contribution in [0.1, 0.15) is 11.6 Å². The predicted molar refractivity (Wildman–Crippen MR) is 111 cm³/mol. The molecule has 4 rings (SSSR count). The molecule has 0 saturated carbocycles. The number of aromatic nitrogens is 2. The minimum Gasteiger partial charge on any atom is -0.346 e. The largest absolute Gasteiger partial charge is 0.346 e. The quantitative estimate of drug-likeness (QED) is 0.705. The maximum absolute atomic E-state index is 13.4. The molecule has 0 radical (unpaired) electrons. The summed E-state index contributed by atoms with van der Waals surface area (Å²) in [4.78, 5) is 17.2. The molecular weight excluding hydrogens is 381 g/mol. The van der Waals surface area contributed by atoms with Crippen LogP contribution in [0.2, 0.25) is 0 Å². The van der Waals surface area contributed by atoms with Crippen molar-refractivity contribution >= 4 is 40.5 Å². The Kier molecular flexibility index (Phi) is 5.69. The summed E-state index contributed by atoms with van der Waals surface area (Å²) in [6.45, 7) is 0.544. The lowest BCUT2D eigenvalue weighted by atomic mass is 10.1. The summed E-state index contributed by atoms with van der Waals surface area (Å²) in [5, 5.41) is 3.15. The fraction of sp³-hybridized carbons (Fsp3) is 0.300. The van der Waals surface area contributed by atoms with Crippen LogP contribution in [0.4, 0.5) is 4.39 Å². The van der Waals surface area contributed by atoms with Gasteiger partial charge in [0.05, 0.1) is 28.7 Å². The first kappa shape index (κ1) is 18.4. The smallest absolute Gasteiger partial charge is 0.234 e. The van der Waals surface area contributed by atoms with Crippen LogP contribution in [0.15, 0.2) is 54.9 Å². The van der Waals surface area contributed by atoms with Gasteiger partial charge in [-0.05, 0) is 29.8 Å². The zero-order valence-electron chi connectivity index (χ0n) is 14.7. The van der Waals surface area contributed by atoms with Gasteiger partial charge in [0, 0.05) is 23.8 Å². The zero-order chi connectivity index (χ0) is 18.6. The monoisotopic (exact) mass is 401 g/mol. The Morgan fingerprint density at radius 1 is 1.22 bits per heavy atom. The van der Waals surface area contributed by atoms with Crippen molar-refractivity contribution in [3.05, 3.63) is 66.2 Å². The van der Waals surface area contributed by atoms with Crippen LogP contribution in [0.5, 0.6) is 0 Å². The van der Waals surface area contributed by atoms with Gasteiger partial charge in [0.25, 0.3) is 0 Å². The lowest BCUT2D eigenvalue weighted by Gasteiger charge is -2.25. The fourth-order valence-electron chi connectivity index (χ4n) is 3.19. The van der Waals surface area contributed by atoms with Crippen LogP contribution in [0.3, 0.4) is 0 Å². The minimum absolute atomic E-state index is 0.0359. The zero-order valence-corrected chi connectivity index (χ0v) is 16.3. The van der Waals surface area contributed by atoms with Crippen molar-refractivity contribution in [2.75, 3.05) is 17.3 Å².